The molecule has 0 radical (unpaired) electrons. The van der Waals surface area contributed by atoms with E-state index in [2.05, 4.69) is 20.8 Å². The number of aromatic hydroxyl groups is 1. The number of phenolic OH excluding ortho intramolecular Hbond substituents is 1. The Morgan fingerprint density at radius 1 is 1.22 bits per heavy atom. The molecule has 12 heteroatoms. The standard InChI is InChI=1S/C34H34F3N5O4/c1-4-23-26(36)7-6-20-12-22(43)13-24(27(20)23)29-28(37)30-25(15-38-29)31(41-10-11-45-18-33(2,17-41)44-3)40-32(39-30)46-19-34-8-5-9-42(34)16-21(35)14-34/h1,6-7,12-13,15,21,43H,5,8-11,14,16-19H2,2-3H3/t21-,33+,34+/m1/s1. The maximum absolute atomic E-state index is 16.8. The lowest BCUT2D eigenvalue weighted by Crippen LogP contribution is -2.44. The Labute approximate surface area is 264 Å². The number of hydrogen-bond acceptors (Lipinski definition) is 9. The molecular formula is C34H34F3N5O4. The summed E-state index contributed by atoms with van der Waals surface area (Å²) in [5, 5.41) is 11.5. The van der Waals surface area contributed by atoms with E-state index in [1.807, 2.05) is 11.8 Å². The molecule has 3 saturated heterocycles. The van der Waals surface area contributed by atoms with Gasteiger partial charge in [-0.25, -0.2) is 13.2 Å². The summed E-state index contributed by atoms with van der Waals surface area (Å²) in [7, 11) is 1.60. The number of ether oxygens (including phenoxy) is 3. The number of fused-ring (bicyclic) bond motifs is 3. The second-order valence-electron chi connectivity index (χ2n) is 12.7. The van der Waals surface area contributed by atoms with Gasteiger partial charge in [-0.1, -0.05) is 12.0 Å². The number of terminal acetylenes is 1. The first-order chi connectivity index (χ1) is 22.1. The van der Waals surface area contributed by atoms with Gasteiger partial charge in [0.25, 0.3) is 0 Å². The van der Waals surface area contributed by atoms with E-state index in [4.69, 9.17) is 25.6 Å². The smallest absolute Gasteiger partial charge is 0.319 e. The Morgan fingerprint density at radius 3 is 2.87 bits per heavy atom. The van der Waals surface area contributed by atoms with E-state index in [1.165, 1.54) is 30.5 Å². The van der Waals surface area contributed by atoms with E-state index < -0.39 is 28.9 Å². The highest BCUT2D eigenvalue weighted by Gasteiger charge is 2.49. The molecule has 1 N–H and O–H groups in total. The minimum absolute atomic E-state index is 0.0671. The van der Waals surface area contributed by atoms with Crippen molar-refractivity contribution in [2.75, 3.05) is 58.0 Å². The van der Waals surface area contributed by atoms with Crippen LogP contribution in [0, 0.1) is 24.0 Å². The van der Waals surface area contributed by atoms with Gasteiger partial charge in [-0.05, 0) is 49.9 Å². The van der Waals surface area contributed by atoms with Crippen LogP contribution in [0.2, 0.25) is 0 Å². The zero-order valence-corrected chi connectivity index (χ0v) is 25.7. The van der Waals surface area contributed by atoms with Crippen LogP contribution >= 0.6 is 0 Å². The number of phenols is 1. The van der Waals surface area contributed by atoms with Crippen LogP contribution in [0.4, 0.5) is 19.0 Å². The molecule has 9 nitrogen and oxygen atoms in total. The number of benzene rings is 2. The third-order valence-electron chi connectivity index (χ3n) is 9.56. The summed E-state index contributed by atoms with van der Waals surface area (Å²) in [6, 6.07) is 5.33. The summed E-state index contributed by atoms with van der Waals surface area (Å²) >= 11 is 0. The molecule has 0 bridgehead atoms. The molecule has 5 heterocycles. The number of hydrogen-bond donors (Lipinski definition) is 1. The first kappa shape index (κ1) is 30.5. The third kappa shape index (κ3) is 5.16. The van der Waals surface area contributed by atoms with Gasteiger partial charge in [-0.2, -0.15) is 9.97 Å². The molecule has 3 fully saturated rings. The van der Waals surface area contributed by atoms with E-state index in [-0.39, 0.29) is 46.1 Å². The van der Waals surface area contributed by atoms with Gasteiger partial charge >= 0.3 is 6.01 Å². The predicted molar refractivity (Wildman–Crippen MR) is 167 cm³/mol. The fourth-order valence-electron chi connectivity index (χ4n) is 7.21. The van der Waals surface area contributed by atoms with Gasteiger partial charge < -0.3 is 24.2 Å². The van der Waals surface area contributed by atoms with Gasteiger partial charge in [0.2, 0.25) is 0 Å². The van der Waals surface area contributed by atoms with Gasteiger partial charge in [0.15, 0.2) is 5.82 Å². The number of methoxy groups -OCH3 is 1. The molecule has 0 spiro atoms. The number of halogens is 3. The summed E-state index contributed by atoms with van der Waals surface area (Å²) < 4.78 is 63.9. The molecule has 0 aliphatic carbocycles. The molecule has 3 aliphatic heterocycles. The highest BCUT2D eigenvalue weighted by Crippen LogP contribution is 2.42. The van der Waals surface area contributed by atoms with Gasteiger partial charge in [-0.15, -0.1) is 6.42 Å². The summed E-state index contributed by atoms with van der Waals surface area (Å²) in [6.45, 7) is 4.75. The topological polar surface area (TPSA) is 93.1 Å². The molecule has 0 unspecified atom stereocenters. The molecule has 46 heavy (non-hydrogen) atoms. The minimum Gasteiger partial charge on any atom is -0.508 e. The van der Waals surface area contributed by atoms with Crippen LogP contribution in [0.5, 0.6) is 11.8 Å². The Hall–Kier alpha value is -4.18. The van der Waals surface area contributed by atoms with Crippen molar-refractivity contribution in [2.45, 2.75) is 43.5 Å². The van der Waals surface area contributed by atoms with E-state index in [0.29, 0.717) is 55.9 Å². The fourth-order valence-corrected chi connectivity index (χ4v) is 7.21. The number of alkyl halides is 1. The molecule has 240 valence electrons. The summed E-state index contributed by atoms with van der Waals surface area (Å²) in [5.74, 6) is 1.08. The van der Waals surface area contributed by atoms with Crippen LogP contribution in [-0.4, -0.2) is 95.4 Å². The van der Waals surface area contributed by atoms with E-state index in [1.54, 1.807) is 7.11 Å². The zero-order valence-electron chi connectivity index (χ0n) is 25.7. The third-order valence-corrected chi connectivity index (χ3v) is 9.56. The lowest BCUT2D eigenvalue weighted by atomic mass is 9.95. The van der Waals surface area contributed by atoms with Crippen molar-refractivity contribution in [1.29, 1.82) is 0 Å². The maximum Gasteiger partial charge on any atom is 0.319 e. The Morgan fingerprint density at radius 2 is 2.07 bits per heavy atom. The lowest BCUT2D eigenvalue weighted by molar-refractivity contribution is -0.0448. The molecule has 0 saturated carbocycles. The van der Waals surface area contributed by atoms with Crippen molar-refractivity contribution in [3.8, 4) is 35.4 Å². The van der Waals surface area contributed by atoms with Gasteiger partial charge in [0.05, 0.1) is 36.2 Å². The number of pyridine rings is 1. The molecule has 2 aromatic heterocycles. The van der Waals surface area contributed by atoms with Crippen molar-refractivity contribution in [3.05, 3.63) is 47.7 Å². The zero-order chi connectivity index (χ0) is 32.2. The average molecular weight is 634 g/mol. The van der Waals surface area contributed by atoms with Crippen LogP contribution < -0.4 is 9.64 Å². The fraction of sp³-hybridized carbons (Fsp3) is 0.441. The van der Waals surface area contributed by atoms with Crippen LogP contribution in [-0.2, 0) is 9.47 Å². The number of rotatable bonds is 6. The predicted octanol–water partition coefficient (Wildman–Crippen LogP) is 5.01. The SMILES string of the molecule is C#Cc1c(F)ccc2cc(O)cc(-c3ncc4c(N5CCOC[C@@](C)(OC)C5)nc(OC[C@@]56CCCN5C[C@H](F)C6)nc4c3F)c12. The van der Waals surface area contributed by atoms with Crippen LogP contribution in [0.3, 0.4) is 0 Å². The second-order valence-corrected chi connectivity index (χ2v) is 12.7. The molecule has 4 aromatic rings. The lowest BCUT2D eigenvalue weighted by Gasteiger charge is -2.32. The van der Waals surface area contributed by atoms with Gasteiger partial charge in [0.1, 0.15) is 47.0 Å². The van der Waals surface area contributed by atoms with E-state index in [9.17, 15) is 13.9 Å². The molecule has 3 aliphatic rings. The average Bonchev–Trinajstić information content (AvgIpc) is 3.49. The first-order valence-electron chi connectivity index (χ1n) is 15.3. The first-order valence-corrected chi connectivity index (χ1v) is 15.3. The van der Waals surface area contributed by atoms with E-state index >= 15 is 4.39 Å². The van der Waals surface area contributed by atoms with Crippen molar-refractivity contribution in [2.24, 2.45) is 0 Å². The second kappa shape index (κ2) is 11.6. The van der Waals surface area contributed by atoms with Crippen molar-refractivity contribution < 1.29 is 32.5 Å². The molecule has 3 atom stereocenters. The number of anilines is 1. The molecule has 0 amide bonds. The largest absolute Gasteiger partial charge is 0.508 e. The normalized spacial score (nSPS) is 25.1. The minimum atomic E-state index is -0.943. The monoisotopic (exact) mass is 633 g/mol. The van der Waals surface area contributed by atoms with Crippen molar-refractivity contribution in [1.82, 2.24) is 19.9 Å². The highest BCUT2D eigenvalue weighted by atomic mass is 19.1. The quantitative estimate of drug-likeness (QED) is 0.295. The molecular weight excluding hydrogens is 599 g/mol. The van der Waals surface area contributed by atoms with Gasteiger partial charge in [-0.3, -0.25) is 9.88 Å². The summed E-state index contributed by atoms with van der Waals surface area (Å²) in [6.07, 6.45) is 8.25. The maximum atomic E-state index is 16.8. The highest BCUT2D eigenvalue weighted by molar-refractivity contribution is 6.03. The summed E-state index contributed by atoms with van der Waals surface area (Å²) in [4.78, 5) is 17.8. The van der Waals surface area contributed by atoms with Crippen LogP contribution in [0.1, 0.15) is 31.7 Å². The van der Waals surface area contributed by atoms with E-state index in [0.717, 1.165) is 19.4 Å². The van der Waals surface area contributed by atoms with Gasteiger partial charge in [0, 0.05) is 43.8 Å². The summed E-state index contributed by atoms with van der Waals surface area (Å²) in [5.41, 5.74) is -1.38. The van der Waals surface area contributed by atoms with Crippen LogP contribution in [0.15, 0.2) is 30.5 Å². The Kier molecular flexibility index (Phi) is 7.66. The van der Waals surface area contributed by atoms with Crippen LogP contribution in [0.25, 0.3) is 32.9 Å². The van der Waals surface area contributed by atoms with Crippen molar-refractivity contribution >= 4 is 27.5 Å². The molecule has 7 rings (SSSR count). The Bertz CT molecular complexity index is 1890. The molecule has 2 aromatic carbocycles. The number of nitrogens with zero attached hydrogens (tertiary/aromatic N) is 5. The van der Waals surface area contributed by atoms with Crippen molar-refractivity contribution in [3.63, 3.8) is 0 Å². The number of aromatic nitrogens is 3. The Balaban J connectivity index is 1.39.